The maximum atomic E-state index is 14.9. The van der Waals surface area contributed by atoms with Crippen LogP contribution in [0.2, 0.25) is 0 Å². The molecule has 5 aromatic carbocycles. The molecule has 0 radical (unpaired) electrons. The van der Waals surface area contributed by atoms with Crippen LogP contribution in [0.25, 0.3) is 21.5 Å². The van der Waals surface area contributed by atoms with E-state index in [4.69, 9.17) is 80.8 Å². The molecule has 0 bridgehead atoms. The third-order valence-electron chi connectivity index (χ3n) is 19.0. The summed E-state index contributed by atoms with van der Waals surface area (Å²) in [5.74, 6) is -4.18. The summed E-state index contributed by atoms with van der Waals surface area (Å²) >= 11 is 14.1. The van der Waals surface area contributed by atoms with E-state index in [1.807, 2.05) is 12.1 Å². The van der Waals surface area contributed by atoms with Gasteiger partial charge in [-0.15, -0.1) is 34.5 Å². The first-order valence-corrected chi connectivity index (χ1v) is 41.4. The highest BCUT2D eigenvalue weighted by molar-refractivity contribution is 7.46. The standard InChI is InChI=1S/C79H99Cl2N10O24PS/c1-51(2)72(86-67(92)23-30-107-34-36-109-38-40-111-42-43-112-41-39-110-37-35-108-33-29-89-68(93)21-22-69(89)94)74(96)85-60(14-9-24-83-77(82)99)73(95)84-55-17-15-52(16-18-55)50-113-78(100)87(27-31-105-3)25-26-88(28-32-106-4)79(101)114-63-44-61-70(58-12-7-5-10-56(58)63)53(46-80)48-90(61)75(97)65-19-20-66(117-65)76(98)91-49-54(47-81)71-59-13-8-6-11-57(59)64(45-62(71)91)115-116(102,103)104/h5-8,10-13,15-22,44-45,51,53-54,60,72H,9,14,23-43,46-50H2,1-4H3,(H,84,95)(H,85,96)(H,86,92)(H3,82,83,99)(H2,102,103,104)/t53-,54-,60+,72+/m1/s1. The molecule has 9 rings (SSSR count). The largest absolute Gasteiger partial charge is 0.524 e. The Morgan fingerprint density at radius 1 is 0.598 bits per heavy atom. The van der Waals surface area contributed by atoms with Crippen molar-refractivity contribution in [1.82, 2.24) is 30.7 Å². The fourth-order valence-corrected chi connectivity index (χ4v) is 14.9. The van der Waals surface area contributed by atoms with Gasteiger partial charge in [0.2, 0.25) is 17.7 Å². The number of halogens is 2. The van der Waals surface area contributed by atoms with Gasteiger partial charge in [-0.2, -0.15) is 0 Å². The van der Waals surface area contributed by atoms with Gasteiger partial charge in [0.1, 0.15) is 30.2 Å². The quantitative estimate of drug-likeness (QED) is 0.00834. The van der Waals surface area contributed by atoms with Crippen molar-refractivity contribution in [2.45, 2.75) is 63.6 Å². The van der Waals surface area contributed by atoms with Crippen LogP contribution in [0.5, 0.6) is 11.5 Å². The predicted molar refractivity (Wildman–Crippen MR) is 434 cm³/mol. The molecule has 8 N–H and O–H groups in total. The fourth-order valence-electron chi connectivity index (χ4n) is 13.1. The molecule has 634 valence electrons. The lowest BCUT2D eigenvalue weighted by molar-refractivity contribution is -0.137. The van der Waals surface area contributed by atoms with E-state index in [0.717, 1.165) is 21.8 Å². The summed E-state index contributed by atoms with van der Waals surface area (Å²) in [6.45, 7) is 7.38. The Balaban J connectivity index is 0.733. The monoisotopic (exact) mass is 1700 g/mol. The Kier molecular flexibility index (Phi) is 36.0. The molecule has 0 saturated carbocycles. The molecule has 0 spiro atoms. The van der Waals surface area contributed by atoms with Crippen LogP contribution in [0.1, 0.15) is 81.0 Å². The first-order chi connectivity index (χ1) is 56.4. The zero-order valence-corrected chi connectivity index (χ0v) is 68.6. The number of nitrogens with one attached hydrogen (secondary N) is 4. The van der Waals surface area contributed by atoms with Gasteiger partial charge < -0.3 is 98.5 Å². The third-order valence-corrected chi connectivity index (χ3v) is 21.2. The maximum Gasteiger partial charge on any atom is 0.524 e. The number of imide groups is 1. The van der Waals surface area contributed by atoms with Crippen LogP contribution in [0, 0.1) is 5.92 Å². The second-order valence-corrected chi connectivity index (χ2v) is 30.3. The summed E-state index contributed by atoms with van der Waals surface area (Å²) in [7, 11) is -2.09. The number of thiophene rings is 1. The van der Waals surface area contributed by atoms with Gasteiger partial charge in [-0.1, -0.05) is 74.5 Å². The van der Waals surface area contributed by atoms with E-state index in [9.17, 15) is 62.3 Å². The number of hydrogen-bond donors (Lipinski definition) is 7. The highest BCUT2D eigenvalue weighted by Crippen LogP contribution is 2.50. The van der Waals surface area contributed by atoms with Crippen LogP contribution in [0.3, 0.4) is 0 Å². The second-order valence-electron chi connectivity index (χ2n) is 27.4. The minimum absolute atomic E-state index is 0.0319. The molecule has 4 heterocycles. The van der Waals surface area contributed by atoms with E-state index in [0.29, 0.717) is 103 Å². The number of benzene rings is 5. The van der Waals surface area contributed by atoms with E-state index in [-0.39, 0.29) is 175 Å². The van der Waals surface area contributed by atoms with Crippen LogP contribution in [0.15, 0.2) is 109 Å². The number of amides is 11. The van der Waals surface area contributed by atoms with Crippen molar-refractivity contribution >= 4 is 141 Å². The molecule has 0 fully saturated rings. The smallest absolute Gasteiger partial charge is 0.445 e. The van der Waals surface area contributed by atoms with Crippen molar-refractivity contribution in [3.05, 3.63) is 136 Å². The summed E-state index contributed by atoms with van der Waals surface area (Å²) in [4.78, 5) is 160. The number of urea groups is 1. The number of phosphoric acid groups is 1. The molecular formula is C79H99Cl2N10O24PS. The summed E-state index contributed by atoms with van der Waals surface area (Å²) in [6, 6.07) is 23.7. The first kappa shape index (κ1) is 91.5. The number of alkyl halides is 2. The van der Waals surface area contributed by atoms with E-state index in [2.05, 4.69) is 21.3 Å². The van der Waals surface area contributed by atoms with Crippen LogP contribution in [0.4, 0.5) is 31.4 Å². The predicted octanol–water partition coefficient (Wildman–Crippen LogP) is 7.65. The summed E-state index contributed by atoms with van der Waals surface area (Å²) < 4.78 is 73.1. The molecule has 117 heavy (non-hydrogen) atoms. The minimum atomic E-state index is -5.03. The molecule has 34 nitrogen and oxygen atoms in total. The van der Waals surface area contributed by atoms with Gasteiger partial charge in [0.05, 0.1) is 120 Å². The number of nitrogens with two attached hydrogens (primary N) is 1. The molecule has 38 heteroatoms. The van der Waals surface area contributed by atoms with E-state index in [1.165, 1.54) is 47.1 Å². The molecule has 3 aliphatic heterocycles. The molecule has 3 aliphatic rings. The molecule has 0 saturated heterocycles. The summed E-state index contributed by atoms with van der Waals surface area (Å²) in [6.07, 6.45) is 1.14. The maximum absolute atomic E-state index is 14.9. The highest BCUT2D eigenvalue weighted by atomic mass is 35.5. The van der Waals surface area contributed by atoms with Gasteiger partial charge in [0.15, 0.2) is 0 Å². The summed E-state index contributed by atoms with van der Waals surface area (Å²) in [5.41, 5.74) is 8.39. The van der Waals surface area contributed by atoms with Gasteiger partial charge >= 0.3 is 26.0 Å². The SMILES string of the molecule is COCCN(CCN(CCOC)C(=O)Oc1cc2c(c3ccccc13)[C@H](CCl)CN2C(=O)c1ccc(C(=O)N2C[C@@H](CCl)c3c2cc(OP(=O)(O)O)c2ccccc32)s1)C(=O)OCc1ccc(NC(=O)[C@H](CCCNC(N)=O)NC(=O)[C@@H](NC(=O)CCOCCOCCOCCOCCOCCOCCN2C(=O)C=CC2=O)C(C)C)cc1. The van der Waals surface area contributed by atoms with Gasteiger partial charge in [-0.25, -0.2) is 18.9 Å². The van der Waals surface area contributed by atoms with Crippen LogP contribution < -0.4 is 46.1 Å². The number of methoxy groups -OCH3 is 2. The normalized spacial score (nSPS) is 14.9. The van der Waals surface area contributed by atoms with Gasteiger partial charge in [0, 0.05) is 131 Å². The number of fused-ring (bicyclic) bond motifs is 6. The van der Waals surface area contributed by atoms with Gasteiger partial charge in [-0.05, 0) is 70.5 Å². The number of nitrogens with zero attached hydrogens (tertiary/aromatic N) is 5. The number of phosphoric ester groups is 1. The van der Waals surface area contributed by atoms with Crippen molar-refractivity contribution in [1.29, 1.82) is 0 Å². The minimum Gasteiger partial charge on any atom is -0.445 e. The lowest BCUT2D eigenvalue weighted by Gasteiger charge is -2.27. The van der Waals surface area contributed by atoms with Crippen LogP contribution in [-0.2, 0) is 77.8 Å². The van der Waals surface area contributed by atoms with Crippen LogP contribution >= 0.6 is 42.4 Å². The van der Waals surface area contributed by atoms with Crippen LogP contribution in [-0.4, -0.2) is 267 Å². The van der Waals surface area contributed by atoms with Gasteiger partial charge in [-0.3, -0.25) is 48.2 Å². The van der Waals surface area contributed by atoms with E-state index >= 15 is 0 Å². The zero-order valence-electron chi connectivity index (χ0n) is 65.4. The molecule has 11 amide bonds. The van der Waals surface area contributed by atoms with Gasteiger partial charge in [0.25, 0.3) is 23.6 Å². The summed E-state index contributed by atoms with van der Waals surface area (Å²) in [5, 5.41) is 13.1. The molecule has 0 unspecified atom stereocenters. The Morgan fingerprint density at radius 2 is 1.08 bits per heavy atom. The van der Waals surface area contributed by atoms with Crippen molar-refractivity contribution in [2.24, 2.45) is 11.7 Å². The Morgan fingerprint density at radius 3 is 1.56 bits per heavy atom. The Bertz CT molecular complexity index is 4480. The number of primary amides is 1. The van der Waals surface area contributed by atoms with Crippen molar-refractivity contribution in [2.75, 3.05) is 186 Å². The number of rotatable bonds is 49. The second kappa shape index (κ2) is 46.1. The van der Waals surface area contributed by atoms with Crippen molar-refractivity contribution in [3.63, 3.8) is 0 Å². The van der Waals surface area contributed by atoms with Crippen molar-refractivity contribution < 1.29 is 114 Å². The Labute approximate surface area is 690 Å². The number of carbonyl (C=O) groups excluding carboxylic acids is 10. The zero-order chi connectivity index (χ0) is 84.0. The number of carbonyl (C=O) groups is 10. The first-order valence-electron chi connectivity index (χ1n) is 38.0. The van der Waals surface area contributed by atoms with E-state index < -0.39 is 73.6 Å². The lowest BCUT2D eigenvalue weighted by atomic mass is 9.95. The molecule has 4 atom stereocenters. The topological polar surface area (TPSA) is 420 Å². The molecular weight excluding hydrogens is 1610 g/mol. The molecule has 6 aromatic rings. The fraction of sp³-hybridized carbons (Fsp3) is 0.468. The molecule has 0 aliphatic carbocycles. The number of anilines is 3. The molecule has 1 aromatic heterocycles. The highest BCUT2D eigenvalue weighted by Gasteiger charge is 2.40. The number of ether oxygens (including phenoxy) is 10. The Hall–Kier alpha value is -9.43. The van der Waals surface area contributed by atoms with Crippen molar-refractivity contribution in [3.8, 4) is 11.5 Å². The number of hydrogen-bond acceptors (Lipinski definition) is 23. The average molecular weight is 1710 g/mol. The van der Waals surface area contributed by atoms with E-state index in [1.54, 1.807) is 97.6 Å². The lowest BCUT2D eigenvalue weighted by Crippen LogP contribution is -2.54. The third kappa shape index (κ3) is 26.5. The average Bonchev–Trinajstić information content (AvgIpc) is 1.61.